The Morgan fingerprint density at radius 2 is 2.18 bits per heavy atom. The van der Waals surface area contributed by atoms with Crippen LogP contribution >= 0.6 is 0 Å². The minimum atomic E-state index is 0.161. The summed E-state index contributed by atoms with van der Waals surface area (Å²) in [5.41, 5.74) is 0. The van der Waals surface area contributed by atoms with Gasteiger partial charge in [-0.1, -0.05) is 0 Å². The van der Waals surface area contributed by atoms with E-state index in [2.05, 4.69) is 15.5 Å². The van der Waals surface area contributed by atoms with E-state index in [0.29, 0.717) is 18.7 Å². The van der Waals surface area contributed by atoms with E-state index in [-0.39, 0.29) is 5.91 Å². The van der Waals surface area contributed by atoms with Crippen LogP contribution in [0.3, 0.4) is 0 Å². The molecule has 0 aromatic carbocycles. The molecule has 0 spiro atoms. The van der Waals surface area contributed by atoms with Gasteiger partial charge in [0, 0.05) is 39.3 Å². The average Bonchev–Trinajstić information content (AvgIpc) is 2.78. The van der Waals surface area contributed by atoms with Crippen molar-refractivity contribution in [3.05, 3.63) is 0 Å². The lowest BCUT2D eigenvalue weighted by molar-refractivity contribution is -0.123. The van der Waals surface area contributed by atoms with Gasteiger partial charge in [0.2, 0.25) is 5.91 Å². The van der Waals surface area contributed by atoms with Crippen molar-refractivity contribution in [2.45, 2.75) is 31.4 Å². The highest BCUT2D eigenvalue weighted by Crippen LogP contribution is 2.21. The molecule has 0 aromatic heterocycles. The van der Waals surface area contributed by atoms with Crippen LogP contribution < -0.4 is 10.6 Å². The van der Waals surface area contributed by atoms with E-state index in [1.54, 1.807) is 7.11 Å². The lowest BCUT2D eigenvalue weighted by atomic mass is 10.2. The molecule has 1 saturated heterocycles. The molecule has 1 aliphatic heterocycles. The smallest absolute Gasteiger partial charge is 0.234 e. The maximum Gasteiger partial charge on any atom is 0.234 e. The van der Waals surface area contributed by atoms with Crippen LogP contribution in [-0.4, -0.2) is 62.8 Å². The van der Waals surface area contributed by atoms with Gasteiger partial charge in [-0.3, -0.25) is 9.69 Å². The van der Waals surface area contributed by atoms with Crippen molar-refractivity contribution >= 4 is 5.91 Å². The van der Waals surface area contributed by atoms with E-state index in [1.165, 1.54) is 0 Å². The van der Waals surface area contributed by atoms with Crippen LogP contribution in [0.1, 0.15) is 19.3 Å². The number of ether oxygens (including phenoxy) is 1. The first-order valence-electron chi connectivity index (χ1n) is 6.53. The number of carbonyl (C=O) groups excluding carboxylic acids is 1. The molecule has 1 amide bonds. The zero-order valence-corrected chi connectivity index (χ0v) is 10.6. The summed E-state index contributed by atoms with van der Waals surface area (Å²) in [7, 11) is 1.75. The molecule has 0 aromatic rings. The topological polar surface area (TPSA) is 53.6 Å². The van der Waals surface area contributed by atoms with E-state index in [0.717, 1.165) is 45.4 Å². The fourth-order valence-corrected chi connectivity index (χ4v) is 2.63. The van der Waals surface area contributed by atoms with Gasteiger partial charge in [-0.25, -0.2) is 0 Å². The first-order chi connectivity index (χ1) is 8.28. The minimum absolute atomic E-state index is 0.161. The second-order valence-corrected chi connectivity index (χ2v) is 4.96. The lowest BCUT2D eigenvalue weighted by Gasteiger charge is -2.27. The summed E-state index contributed by atoms with van der Waals surface area (Å²) in [4.78, 5) is 14.1. The summed E-state index contributed by atoms with van der Waals surface area (Å²) in [5, 5.41) is 6.39. The van der Waals surface area contributed by atoms with E-state index in [9.17, 15) is 4.79 Å². The molecule has 5 nitrogen and oxygen atoms in total. The van der Waals surface area contributed by atoms with Crippen LogP contribution in [0.15, 0.2) is 0 Å². The highest BCUT2D eigenvalue weighted by Gasteiger charge is 2.26. The normalized spacial score (nSPS) is 30.4. The zero-order valence-electron chi connectivity index (χ0n) is 10.6. The van der Waals surface area contributed by atoms with E-state index < -0.39 is 0 Å². The Labute approximate surface area is 103 Å². The van der Waals surface area contributed by atoms with Gasteiger partial charge < -0.3 is 15.4 Å². The molecule has 17 heavy (non-hydrogen) atoms. The van der Waals surface area contributed by atoms with Crippen LogP contribution in [0.5, 0.6) is 0 Å². The quantitative estimate of drug-likeness (QED) is 0.701. The Bertz CT molecular complexity index is 254. The monoisotopic (exact) mass is 241 g/mol. The maximum atomic E-state index is 11.8. The van der Waals surface area contributed by atoms with Gasteiger partial charge in [0.1, 0.15) is 0 Å². The summed E-state index contributed by atoms with van der Waals surface area (Å²) < 4.78 is 5.30. The maximum absolute atomic E-state index is 11.8. The van der Waals surface area contributed by atoms with Crippen LogP contribution in [0.2, 0.25) is 0 Å². The minimum Gasteiger partial charge on any atom is -0.381 e. The van der Waals surface area contributed by atoms with Crippen molar-refractivity contribution in [1.82, 2.24) is 15.5 Å². The fraction of sp³-hybridized carbons (Fsp3) is 0.917. The standard InChI is InChI=1S/C12H23N3O2/c1-17-11-3-2-10(8-11)14-12(16)9-15-6-4-13-5-7-15/h10-11,13H,2-9H2,1H3,(H,14,16). The second kappa shape index (κ2) is 6.33. The van der Waals surface area contributed by atoms with Gasteiger partial charge in [-0.15, -0.1) is 0 Å². The van der Waals surface area contributed by atoms with Crippen molar-refractivity contribution < 1.29 is 9.53 Å². The summed E-state index contributed by atoms with van der Waals surface area (Å²) >= 11 is 0. The number of hydrogen-bond donors (Lipinski definition) is 2. The Morgan fingerprint density at radius 1 is 1.41 bits per heavy atom. The number of piperazine rings is 1. The summed E-state index contributed by atoms with van der Waals surface area (Å²) in [6.45, 7) is 4.46. The molecule has 98 valence electrons. The lowest BCUT2D eigenvalue weighted by Crippen LogP contribution is -2.48. The zero-order chi connectivity index (χ0) is 12.1. The number of nitrogens with one attached hydrogen (secondary N) is 2. The molecule has 2 N–H and O–H groups in total. The third-order valence-electron chi connectivity index (χ3n) is 3.66. The SMILES string of the molecule is COC1CCC(NC(=O)CN2CCNCC2)C1. The van der Waals surface area contributed by atoms with Gasteiger partial charge in [0.25, 0.3) is 0 Å². The molecule has 2 rings (SSSR count). The fourth-order valence-electron chi connectivity index (χ4n) is 2.63. The first-order valence-corrected chi connectivity index (χ1v) is 6.53. The van der Waals surface area contributed by atoms with Crippen LogP contribution in [-0.2, 0) is 9.53 Å². The predicted octanol–water partition coefficient (Wildman–Crippen LogP) is -0.425. The molecule has 0 radical (unpaired) electrons. The molecule has 5 heteroatoms. The molecule has 1 aliphatic carbocycles. The molecule has 2 aliphatic rings. The molecule has 2 atom stereocenters. The molecular formula is C12H23N3O2. The molecule has 2 fully saturated rings. The molecule has 2 unspecified atom stereocenters. The average molecular weight is 241 g/mol. The Kier molecular flexibility index (Phi) is 4.76. The second-order valence-electron chi connectivity index (χ2n) is 4.96. The van der Waals surface area contributed by atoms with Crippen molar-refractivity contribution in [2.75, 3.05) is 39.8 Å². The van der Waals surface area contributed by atoms with Crippen molar-refractivity contribution in [3.63, 3.8) is 0 Å². The van der Waals surface area contributed by atoms with Gasteiger partial charge in [-0.2, -0.15) is 0 Å². The van der Waals surface area contributed by atoms with Gasteiger partial charge in [0.15, 0.2) is 0 Å². The number of nitrogens with zero attached hydrogens (tertiary/aromatic N) is 1. The van der Waals surface area contributed by atoms with Gasteiger partial charge in [-0.05, 0) is 19.3 Å². The molecule has 0 bridgehead atoms. The van der Waals surface area contributed by atoms with Crippen molar-refractivity contribution in [1.29, 1.82) is 0 Å². The van der Waals surface area contributed by atoms with Crippen molar-refractivity contribution in [2.24, 2.45) is 0 Å². The Hall–Kier alpha value is -0.650. The number of rotatable bonds is 4. The number of methoxy groups -OCH3 is 1. The van der Waals surface area contributed by atoms with E-state index >= 15 is 0 Å². The van der Waals surface area contributed by atoms with E-state index in [4.69, 9.17) is 4.74 Å². The third-order valence-corrected chi connectivity index (χ3v) is 3.66. The van der Waals surface area contributed by atoms with Crippen LogP contribution in [0, 0.1) is 0 Å². The van der Waals surface area contributed by atoms with E-state index in [1.807, 2.05) is 0 Å². The van der Waals surface area contributed by atoms with Gasteiger partial charge in [0.05, 0.1) is 12.6 Å². The largest absolute Gasteiger partial charge is 0.381 e. The van der Waals surface area contributed by atoms with Gasteiger partial charge >= 0.3 is 0 Å². The predicted molar refractivity (Wildman–Crippen MR) is 65.9 cm³/mol. The number of hydrogen-bond acceptors (Lipinski definition) is 4. The molecule has 1 saturated carbocycles. The Morgan fingerprint density at radius 3 is 2.82 bits per heavy atom. The Balaban J connectivity index is 1.66. The number of carbonyl (C=O) groups is 1. The number of amides is 1. The van der Waals surface area contributed by atoms with Crippen molar-refractivity contribution in [3.8, 4) is 0 Å². The summed E-state index contributed by atoms with van der Waals surface area (Å²) in [6, 6.07) is 0.315. The first kappa shape index (κ1) is 12.8. The molecular weight excluding hydrogens is 218 g/mol. The molecule has 1 heterocycles. The highest BCUT2D eigenvalue weighted by atomic mass is 16.5. The van der Waals surface area contributed by atoms with Crippen LogP contribution in [0.4, 0.5) is 0 Å². The summed E-state index contributed by atoms with van der Waals surface area (Å²) in [5.74, 6) is 0.161. The summed E-state index contributed by atoms with van der Waals surface area (Å²) in [6.07, 6.45) is 3.41. The highest BCUT2D eigenvalue weighted by molar-refractivity contribution is 5.78. The third kappa shape index (κ3) is 3.94. The van der Waals surface area contributed by atoms with Crippen LogP contribution in [0.25, 0.3) is 0 Å².